The highest BCUT2D eigenvalue weighted by molar-refractivity contribution is 5.78. The molecule has 0 unspecified atom stereocenters. The van der Waals surface area contributed by atoms with E-state index in [1.807, 2.05) is 0 Å². The average Bonchev–Trinajstić information content (AvgIpc) is 2.97. The fraction of sp³-hybridized carbons (Fsp3) is 0.824. The van der Waals surface area contributed by atoms with Crippen molar-refractivity contribution in [2.45, 2.75) is 39.5 Å². The number of nitrogens with one attached hydrogen (secondary N) is 1. The van der Waals surface area contributed by atoms with E-state index in [2.05, 4.69) is 35.0 Å². The maximum absolute atomic E-state index is 11.9. The lowest BCUT2D eigenvalue weighted by Gasteiger charge is -2.31. The number of carbonyl (C=O) groups excluding carboxylic acids is 1. The number of piperidine rings is 1. The van der Waals surface area contributed by atoms with Gasteiger partial charge in [0.15, 0.2) is 0 Å². The van der Waals surface area contributed by atoms with Crippen LogP contribution in [0.3, 0.4) is 0 Å². The maximum Gasteiger partial charge on any atom is 0.234 e. The number of nitrogens with zero attached hydrogens (tertiary/aromatic N) is 2. The number of hydrogen-bond acceptors (Lipinski definition) is 3. The molecule has 0 aromatic heterocycles. The zero-order chi connectivity index (χ0) is 15.1. The Bertz CT molecular complexity index is 349. The first-order valence-corrected chi connectivity index (χ1v) is 8.48. The molecule has 0 aliphatic carbocycles. The third kappa shape index (κ3) is 6.18. The van der Waals surface area contributed by atoms with Crippen molar-refractivity contribution in [1.29, 1.82) is 0 Å². The Labute approximate surface area is 129 Å². The Balaban J connectivity index is 1.58. The zero-order valence-electron chi connectivity index (χ0n) is 13.7. The number of amides is 1. The molecule has 0 aromatic carbocycles. The maximum atomic E-state index is 11.9. The first kappa shape index (κ1) is 16.5. The molecule has 0 radical (unpaired) electrons. The van der Waals surface area contributed by atoms with Gasteiger partial charge in [-0.15, -0.1) is 0 Å². The summed E-state index contributed by atoms with van der Waals surface area (Å²) < 4.78 is 0. The van der Waals surface area contributed by atoms with Crippen LogP contribution in [0, 0.1) is 5.92 Å². The summed E-state index contributed by atoms with van der Waals surface area (Å²) in [4.78, 5) is 16.7. The molecule has 120 valence electrons. The van der Waals surface area contributed by atoms with E-state index in [0.29, 0.717) is 12.5 Å². The van der Waals surface area contributed by atoms with E-state index in [1.165, 1.54) is 31.3 Å². The van der Waals surface area contributed by atoms with E-state index >= 15 is 0 Å². The fourth-order valence-corrected chi connectivity index (χ4v) is 3.14. The van der Waals surface area contributed by atoms with Gasteiger partial charge in [-0.05, 0) is 71.6 Å². The second-order valence-corrected chi connectivity index (χ2v) is 6.81. The summed E-state index contributed by atoms with van der Waals surface area (Å²) in [6, 6.07) is 0. The number of likely N-dealkylation sites (tertiary alicyclic amines) is 2. The molecular weight excluding hydrogens is 262 g/mol. The quantitative estimate of drug-likeness (QED) is 0.760. The summed E-state index contributed by atoms with van der Waals surface area (Å²) in [6.45, 7) is 11.4. The summed E-state index contributed by atoms with van der Waals surface area (Å²) in [5.74, 6) is 0.874. The SMILES string of the molecule is CC(C)=CCN1CCC(CNC(=O)CN2CCCC2)CC1. The van der Waals surface area contributed by atoms with Crippen molar-refractivity contribution in [2.24, 2.45) is 5.92 Å². The minimum absolute atomic E-state index is 0.212. The first-order chi connectivity index (χ1) is 10.1. The highest BCUT2D eigenvalue weighted by Gasteiger charge is 2.20. The Hall–Kier alpha value is -0.870. The molecule has 0 spiro atoms. The molecular formula is C17H31N3O. The highest BCUT2D eigenvalue weighted by Crippen LogP contribution is 2.16. The molecule has 2 aliphatic heterocycles. The van der Waals surface area contributed by atoms with Crippen molar-refractivity contribution < 1.29 is 4.79 Å². The number of carbonyl (C=O) groups is 1. The van der Waals surface area contributed by atoms with E-state index in [-0.39, 0.29) is 5.91 Å². The molecule has 2 aliphatic rings. The molecule has 2 rings (SSSR count). The van der Waals surface area contributed by atoms with Crippen molar-refractivity contribution in [2.75, 3.05) is 45.8 Å². The molecule has 0 aromatic rings. The minimum atomic E-state index is 0.212. The highest BCUT2D eigenvalue weighted by atomic mass is 16.2. The van der Waals surface area contributed by atoms with Crippen LogP contribution in [-0.2, 0) is 4.79 Å². The van der Waals surface area contributed by atoms with Gasteiger partial charge in [-0.1, -0.05) is 11.6 Å². The second kappa shape index (κ2) is 8.54. The van der Waals surface area contributed by atoms with E-state index in [4.69, 9.17) is 0 Å². The molecule has 1 N–H and O–H groups in total. The van der Waals surface area contributed by atoms with Crippen LogP contribution in [0.5, 0.6) is 0 Å². The molecule has 2 heterocycles. The van der Waals surface area contributed by atoms with Gasteiger partial charge in [0, 0.05) is 13.1 Å². The largest absolute Gasteiger partial charge is 0.355 e. The van der Waals surface area contributed by atoms with Gasteiger partial charge in [0.25, 0.3) is 0 Å². The molecule has 4 heteroatoms. The zero-order valence-corrected chi connectivity index (χ0v) is 13.7. The predicted molar refractivity (Wildman–Crippen MR) is 87.3 cm³/mol. The van der Waals surface area contributed by atoms with Gasteiger partial charge in [-0.2, -0.15) is 0 Å². The van der Waals surface area contributed by atoms with Crippen LogP contribution in [-0.4, -0.2) is 61.5 Å². The van der Waals surface area contributed by atoms with Gasteiger partial charge in [-0.3, -0.25) is 14.6 Å². The summed E-state index contributed by atoms with van der Waals surface area (Å²) >= 11 is 0. The van der Waals surface area contributed by atoms with E-state index in [9.17, 15) is 4.79 Å². The molecule has 21 heavy (non-hydrogen) atoms. The summed E-state index contributed by atoms with van der Waals surface area (Å²) in [6.07, 6.45) is 7.22. The lowest BCUT2D eigenvalue weighted by atomic mass is 9.96. The van der Waals surface area contributed by atoms with Crippen molar-refractivity contribution in [3.63, 3.8) is 0 Å². The molecule has 0 bridgehead atoms. The topological polar surface area (TPSA) is 35.6 Å². The van der Waals surface area contributed by atoms with Crippen LogP contribution in [0.2, 0.25) is 0 Å². The van der Waals surface area contributed by atoms with Crippen LogP contribution in [0.25, 0.3) is 0 Å². The molecule has 1 amide bonds. The van der Waals surface area contributed by atoms with E-state index in [1.54, 1.807) is 0 Å². The molecule has 2 fully saturated rings. The van der Waals surface area contributed by atoms with E-state index in [0.717, 1.165) is 39.3 Å². The van der Waals surface area contributed by atoms with Crippen molar-refractivity contribution in [3.05, 3.63) is 11.6 Å². The van der Waals surface area contributed by atoms with E-state index < -0.39 is 0 Å². The van der Waals surface area contributed by atoms with Gasteiger partial charge in [0.1, 0.15) is 0 Å². The Kier molecular flexibility index (Phi) is 6.71. The van der Waals surface area contributed by atoms with Crippen molar-refractivity contribution in [1.82, 2.24) is 15.1 Å². The summed E-state index contributed by atoms with van der Waals surface area (Å²) in [7, 11) is 0. The van der Waals surface area contributed by atoms with Crippen LogP contribution < -0.4 is 5.32 Å². The lowest BCUT2D eigenvalue weighted by Crippen LogP contribution is -2.41. The second-order valence-electron chi connectivity index (χ2n) is 6.81. The number of allylic oxidation sites excluding steroid dienone is 1. The fourth-order valence-electron chi connectivity index (χ4n) is 3.14. The monoisotopic (exact) mass is 293 g/mol. The van der Waals surface area contributed by atoms with Crippen molar-refractivity contribution >= 4 is 5.91 Å². The Morgan fingerprint density at radius 2 is 1.76 bits per heavy atom. The summed E-state index contributed by atoms with van der Waals surface area (Å²) in [5, 5.41) is 3.13. The summed E-state index contributed by atoms with van der Waals surface area (Å²) in [5.41, 5.74) is 1.39. The van der Waals surface area contributed by atoms with Crippen molar-refractivity contribution in [3.8, 4) is 0 Å². The number of rotatable bonds is 6. The minimum Gasteiger partial charge on any atom is -0.355 e. The third-order valence-electron chi connectivity index (χ3n) is 4.62. The van der Waals surface area contributed by atoms with Crippen LogP contribution in [0.4, 0.5) is 0 Å². The van der Waals surface area contributed by atoms with Crippen LogP contribution in [0.1, 0.15) is 39.5 Å². The van der Waals surface area contributed by atoms with Gasteiger partial charge in [0.2, 0.25) is 5.91 Å². The smallest absolute Gasteiger partial charge is 0.234 e. The van der Waals surface area contributed by atoms with Gasteiger partial charge in [0.05, 0.1) is 6.54 Å². The first-order valence-electron chi connectivity index (χ1n) is 8.48. The standard InChI is InChI=1S/C17H31N3O/c1-15(2)5-10-19-11-6-16(7-12-19)13-18-17(21)14-20-8-3-4-9-20/h5,16H,3-4,6-14H2,1-2H3,(H,18,21). The molecule has 2 saturated heterocycles. The average molecular weight is 293 g/mol. The predicted octanol–water partition coefficient (Wildman–Crippen LogP) is 1.88. The lowest BCUT2D eigenvalue weighted by molar-refractivity contribution is -0.122. The van der Waals surface area contributed by atoms with Gasteiger partial charge < -0.3 is 5.32 Å². The number of hydrogen-bond donors (Lipinski definition) is 1. The normalized spacial score (nSPS) is 21.4. The molecule has 0 saturated carbocycles. The third-order valence-corrected chi connectivity index (χ3v) is 4.62. The van der Waals surface area contributed by atoms with Gasteiger partial charge in [-0.25, -0.2) is 0 Å². The Morgan fingerprint density at radius 3 is 2.38 bits per heavy atom. The Morgan fingerprint density at radius 1 is 1.10 bits per heavy atom. The van der Waals surface area contributed by atoms with Crippen LogP contribution in [0.15, 0.2) is 11.6 Å². The molecule has 0 atom stereocenters. The van der Waals surface area contributed by atoms with Gasteiger partial charge >= 0.3 is 0 Å². The molecule has 4 nitrogen and oxygen atoms in total. The van der Waals surface area contributed by atoms with Crippen LogP contribution >= 0.6 is 0 Å².